The highest BCUT2D eigenvalue weighted by Crippen LogP contribution is 2.24. The zero-order valence-corrected chi connectivity index (χ0v) is 12.0. The Kier molecular flexibility index (Phi) is 4.67. The maximum Gasteiger partial charge on any atom is 0.270 e. The van der Waals surface area contributed by atoms with Crippen LogP contribution in [0.4, 0.5) is 0 Å². The summed E-state index contributed by atoms with van der Waals surface area (Å²) in [6.07, 6.45) is 0. The van der Waals surface area contributed by atoms with Crippen molar-refractivity contribution >= 4 is 41.1 Å². The van der Waals surface area contributed by atoms with Crippen molar-refractivity contribution in [3.63, 3.8) is 0 Å². The van der Waals surface area contributed by atoms with Gasteiger partial charge in [0.2, 0.25) is 0 Å². The van der Waals surface area contributed by atoms with Crippen molar-refractivity contribution in [2.75, 3.05) is 0 Å². The fourth-order valence-electron chi connectivity index (χ4n) is 1.34. The minimum atomic E-state index is -0.539. The van der Waals surface area contributed by atoms with Gasteiger partial charge < -0.3 is 0 Å². The summed E-state index contributed by atoms with van der Waals surface area (Å²) in [5.41, 5.74) is -0.109. The monoisotopic (exact) mass is 294 g/mol. The van der Waals surface area contributed by atoms with Crippen LogP contribution in [0.5, 0.6) is 0 Å². The van der Waals surface area contributed by atoms with Crippen LogP contribution in [0.1, 0.15) is 31.1 Å². The number of amides is 1. The molecule has 0 aliphatic carbocycles. The average Bonchev–Trinajstić information content (AvgIpc) is 2.14. The number of hydrogen-bond acceptors (Lipinski definition) is 2. The molecule has 0 heterocycles. The standard InChI is InChI=1S/C11H13Cl3N2O/c1-11(2,3)15(16(13)14)10(17)8-5-4-6-9(12)7-8/h4-7H,1-3H3. The van der Waals surface area contributed by atoms with Gasteiger partial charge in [-0.2, -0.15) is 0 Å². The number of carbonyl (C=O) groups is 1. The maximum absolute atomic E-state index is 12.2. The lowest BCUT2D eigenvalue weighted by Gasteiger charge is -2.36. The molecule has 0 aromatic heterocycles. The molecule has 0 N–H and O–H groups in total. The molecule has 1 rings (SSSR count). The summed E-state index contributed by atoms with van der Waals surface area (Å²) in [4.78, 5) is 12.2. The van der Waals surface area contributed by atoms with Gasteiger partial charge in [-0.05, 0) is 43.0 Å². The van der Waals surface area contributed by atoms with Crippen molar-refractivity contribution in [2.24, 2.45) is 0 Å². The highest BCUT2D eigenvalue weighted by atomic mass is 35.5. The molecule has 0 spiro atoms. The first-order valence-electron chi connectivity index (χ1n) is 4.95. The Morgan fingerprint density at radius 2 is 1.82 bits per heavy atom. The van der Waals surface area contributed by atoms with E-state index in [4.69, 9.17) is 35.2 Å². The van der Waals surface area contributed by atoms with E-state index in [0.717, 1.165) is 4.05 Å². The van der Waals surface area contributed by atoms with Gasteiger partial charge in [0, 0.05) is 34.1 Å². The molecule has 0 radical (unpaired) electrons. The minimum Gasteiger partial charge on any atom is -0.268 e. The SMILES string of the molecule is CC(C)(C)N(C(=O)c1cccc(Cl)c1)N(Cl)Cl. The largest absolute Gasteiger partial charge is 0.270 e. The van der Waals surface area contributed by atoms with Crippen molar-refractivity contribution in [1.82, 2.24) is 9.06 Å². The predicted molar refractivity (Wildman–Crippen MR) is 70.9 cm³/mol. The molecule has 3 nitrogen and oxygen atoms in total. The maximum atomic E-state index is 12.2. The Hall–Kier alpha value is -0.480. The minimum absolute atomic E-state index is 0.315. The van der Waals surface area contributed by atoms with Gasteiger partial charge >= 0.3 is 0 Å². The molecule has 1 amide bonds. The number of hydrazine groups is 1. The van der Waals surface area contributed by atoms with Gasteiger partial charge in [-0.3, -0.25) is 4.79 Å². The first-order valence-corrected chi connectivity index (χ1v) is 6.00. The van der Waals surface area contributed by atoms with Crippen LogP contribution >= 0.6 is 35.2 Å². The zero-order chi connectivity index (χ0) is 13.2. The quantitative estimate of drug-likeness (QED) is 0.605. The normalized spacial score (nSPS) is 11.7. The molecular formula is C11H13Cl3N2O. The summed E-state index contributed by atoms with van der Waals surface area (Å²) in [6.45, 7) is 5.48. The van der Waals surface area contributed by atoms with Crippen molar-refractivity contribution < 1.29 is 4.79 Å². The molecule has 0 aliphatic heterocycles. The van der Waals surface area contributed by atoms with E-state index in [0.29, 0.717) is 10.6 Å². The Morgan fingerprint density at radius 1 is 1.24 bits per heavy atom. The fourth-order valence-corrected chi connectivity index (χ4v) is 2.13. The van der Waals surface area contributed by atoms with Crippen LogP contribution < -0.4 is 0 Å². The van der Waals surface area contributed by atoms with E-state index in [-0.39, 0.29) is 5.91 Å². The van der Waals surface area contributed by atoms with E-state index in [1.54, 1.807) is 24.3 Å². The summed E-state index contributed by atoms with van der Waals surface area (Å²) in [6, 6.07) is 6.62. The van der Waals surface area contributed by atoms with Gasteiger partial charge in [-0.15, -0.1) is 0 Å². The van der Waals surface area contributed by atoms with E-state index >= 15 is 0 Å². The second kappa shape index (κ2) is 5.44. The van der Waals surface area contributed by atoms with Crippen molar-refractivity contribution in [2.45, 2.75) is 26.3 Å². The molecule has 0 unspecified atom stereocenters. The van der Waals surface area contributed by atoms with Crippen molar-refractivity contribution in [1.29, 1.82) is 0 Å². The smallest absolute Gasteiger partial charge is 0.268 e. The Labute approximate surface area is 116 Å². The zero-order valence-electron chi connectivity index (χ0n) is 9.75. The van der Waals surface area contributed by atoms with Gasteiger partial charge in [0.1, 0.15) is 0 Å². The first kappa shape index (κ1) is 14.6. The summed E-state index contributed by atoms with van der Waals surface area (Å²) in [5.74, 6) is -0.315. The van der Waals surface area contributed by atoms with E-state index in [1.165, 1.54) is 5.01 Å². The van der Waals surface area contributed by atoms with Gasteiger partial charge in [0.15, 0.2) is 0 Å². The third-order valence-corrected chi connectivity index (χ3v) is 2.59. The van der Waals surface area contributed by atoms with E-state index in [1.807, 2.05) is 20.8 Å². The molecule has 0 bridgehead atoms. The summed E-state index contributed by atoms with van der Waals surface area (Å²) in [7, 11) is 0. The third-order valence-electron chi connectivity index (χ3n) is 2.05. The number of carbonyl (C=O) groups excluding carboxylic acids is 1. The van der Waals surface area contributed by atoms with Crippen LogP contribution in [0, 0.1) is 0 Å². The number of halogens is 3. The number of hydrogen-bond donors (Lipinski definition) is 0. The first-order chi connectivity index (χ1) is 7.73. The van der Waals surface area contributed by atoms with Gasteiger partial charge in [0.25, 0.3) is 5.91 Å². The van der Waals surface area contributed by atoms with Gasteiger partial charge in [-0.25, -0.2) is 5.01 Å². The summed E-state index contributed by atoms with van der Waals surface area (Å²) >= 11 is 17.2. The van der Waals surface area contributed by atoms with Crippen molar-refractivity contribution in [3.05, 3.63) is 34.9 Å². The van der Waals surface area contributed by atoms with E-state index in [9.17, 15) is 4.79 Å². The summed E-state index contributed by atoms with van der Waals surface area (Å²) in [5, 5.41) is 1.72. The highest BCUT2D eigenvalue weighted by molar-refractivity contribution is 6.34. The van der Waals surface area contributed by atoms with E-state index < -0.39 is 5.54 Å². The number of rotatable bonds is 2. The third kappa shape index (κ3) is 3.75. The van der Waals surface area contributed by atoms with Gasteiger partial charge in [0.05, 0.1) is 5.54 Å². The molecule has 94 valence electrons. The molecule has 1 aromatic rings. The van der Waals surface area contributed by atoms with Crippen LogP contribution in [0.25, 0.3) is 0 Å². The van der Waals surface area contributed by atoms with Crippen LogP contribution in [0.3, 0.4) is 0 Å². The fraction of sp³-hybridized carbons (Fsp3) is 0.364. The molecular weight excluding hydrogens is 282 g/mol. The molecule has 1 aromatic carbocycles. The second-order valence-electron chi connectivity index (χ2n) is 4.51. The van der Waals surface area contributed by atoms with Crippen LogP contribution in [0.15, 0.2) is 24.3 Å². The molecule has 0 saturated heterocycles. The molecule has 17 heavy (non-hydrogen) atoms. The van der Waals surface area contributed by atoms with E-state index in [2.05, 4.69) is 0 Å². The van der Waals surface area contributed by atoms with Crippen molar-refractivity contribution in [3.8, 4) is 0 Å². The Morgan fingerprint density at radius 3 is 2.24 bits per heavy atom. The molecule has 0 saturated carbocycles. The molecule has 6 heteroatoms. The number of nitrogens with zero attached hydrogens (tertiary/aromatic N) is 2. The topological polar surface area (TPSA) is 23.6 Å². The number of benzene rings is 1. The lowest BCUT2D eigenvalue weighted by molar-refractivity contribution is 0.0244. The van der Waals surface area contributed by atoms with Crippen LogP contribution in [-0.4, -0.2) is 20.5 Å². The van der Waals surface area contributed by atoms with Crippen LogP contribution in [0.2, 0.25) is 5.02 Å². The lowest BCUT2D eigenvalue weighted by atomic mass is 10.1. The summed E-state index contributed by atoms with van der Waals surface area (Å²) < 4.78 is 0.739. The van der Waals surface area contributed by atoms with Crippen LogP contribution in [-0.2, 0) is 0 Å². The lowest BCUT2D eigenvalue weighted by Crippen LogP contribution is -2.49. The highest BCUT2D eigenvalue weighted by Gasteiger charge is 2.31. The molecule has 0 aliphatic rings. The molecule has 0 atom stereocenters. The average molecular weight is 296 g/mol. The predicted octanol–water partition coefficient (Wildman–Crippen LogP) is 4.11. The Balaban J connectivity index is 3.09. The van der Waals surface area contributed by atoms with Gasteiger partial charge in [-0.1, -0.05) is 17.7 Å². The Bertz CT molecular complexity index is 415. The molecule has 0 fully saturated rings. The second-order valence-corrected chi connectivity index (χ2v) is 5.76.